The summed E-state index contributed by atoms with van der Waals surface area (Å²) in [6.07, 6.45) is 1.33. The Labute approximate surface area is 161 Å². The van der Waals surface area contributed by atoms with Gasteiger partial charge in [0.25, 0.3) is 5.91 Å². The number of aromatic nitrogens is 2. The molecule has 0 saturated carbocycles. The molecule has 0 spiro atoms. The summed E-state index contributed by atoms with van der Waals surface area (Å²) in [4.78, 5) is 20.8. The average Bonchev–Trinajstić information content (AvgIpc) is 3.18. The van der Waals surface area contributed by atoms with Crippen molar-refractivity contribution in [3.05, 3.63) is 60.6 Å². The Balaban J connectivity index is 1.50. The molecule has 8 nitrogen and oxygen atoms in total. The van der Waals surface area contributed by atoms with Gasteiger partial charge in [0.15, 0.2) is 11.5 Å². The number of amides is 1. The van der Waals surface area contributed by atoms with Crippen molar-refractivity contribution in [1.82, 2.24) is 9.97 Å². The van der Waals surface area contributed by atoms with Crippen LogP contribution in [-0.4, -0.2) is 29.3 Å². The smallest absolute Gasteiger partial charge is 0.274 e. The van der Waals surface area contributed by atoms with Gasteiger partial charge in [-0.25, -0.2) is 9.97 Å². The van der Waals surface area contributed by atoms with Crippen molar-refractivity contribution in [3.8, 4) is 17.2 Å². The van der Waals surface area contributed by atoms with Gasteiger partial charge in [-0.1, -0.05) is 12.1 Å². The number of hydrogen-bond acceptors (Lipinski definition) is 7. The molecule has 0 fully saturated rings. The maximum absolute atomic E-state index is 12.6. The Morgan fingerprint density at radius 3 is 2.86 bits per heavy atom. The zero-order valence-corrected chi connectivity index (χ0v) is 15.1. The topological polar surface area (TPSA) is 94.6 Å². The molecule has 3 aromatic rings. The second-order valence-corrected chi connectivity index (χ2v) is 5.86. The molecule has 0 radical (unpaired) electrons. The van der Waals surface area contributed by atoms with Gasteiger partial charge in [-0.15, -0.1) is 0 Å². The van der Waals surface area contributed by atoms with Gasteiger partial charge >= 0.3 is 0 Å². The second-order valence-electron chi connectivity index (χ2n) is 5.86. The number of benzene rings is 2. The van der Waals surface area contributed by atoms with E-state index < -0.39 is 0 Å². The van der Waals surface area contributed by atoms with E-state index in [0.29, 0.717) is 35.4 Å². The van der Waals surface area contributed by atoms with Crippen LogP contribution in [-0.2, 0) is 0 Å². The summed E-state index contributed by atoms with van der Waals surface area (Å²) in [6.45, 7) is 2.64. The minimum absolute atomic E-state index is 0.177. The lowest BCUT2D eigenvalue weighted by Crippen LogP contribution is -2.14. The third-order valence-electron chi connectivity index (χ3n) is 3.98. The van der Waals surface area contributed by atoms with Crippen molar-refractivity contribution in [3.63, 3.8) is 0 Å². The fourth-order valence-corrected chi connectivity index (χ4v) is 2.71. The van der Waals surface area contributed by atoms with E-state index in [1.807, 2.05) is 31.2 Å². The van der Waals surface area contributed by atoms with Crippen molar-refractivity contribution in [1.29, 1.82) is 0 Å². The van der Waals surface area contributed by atoms with Gasteiger partial charge in [-0.3, -0.25) is 4.79 Å². The summed E-state index contributed by atoms with van der Waals surface area (Å²) in [6, 6.07) is 14.3. The number of ether oxygens (including phenoxy) is 3. The number of rotatable bonds is 6. The molecule has 2 aromatic carbocycles. The highest BCUT2D eigenvalue weighted by Gasteiger charge is 2.15. The summed E-state index contributed by atoms with van der Waals surface area (Å²) in [5.41, 5.74) is 1.57. The van der Waals surface area contributed by atoms with Crippen LogP contribution < -0.4 is 24.8 Å². The quantitative estimate of drug-likeness (QED) is 0.677. The van der Waals surface area contributed by atoms with Crippen molar-refractivity contribution in [2.45, 2.75) is 6.92 Å². The van der Waals surface area contributed by atoms with Crippen LogP contribution in [0.5, 0.6) is 17.2 Å². The molecule has 1 aliphatic rings. The first-order valence-corrected chi connectivity index (χ1v) is 8.75. The lowest BCUT2D eigenvalue weighted by Gasteiger charge is -2.12. The number of para-hydroxylation sites is 2. The van der Waals surface area contributed by atoms with Gasteiger partial charge in [-0.2, -0.15) is 0 Å². The Bertz CT molecular complexity index is 1010. The van der Waals surface area contributed by atoms with Crippen molar-refractivity contribution >= 4 is 23.1 Å². The van der Waals surface area contributed by atoms with Crippen LogP contribution in [0.15, 0.2) is 54.9 Å². The number of fused-ring (bicyclic) bond motifs is 1. The molecule has 1 aromatic heterocycles. The first kappa shape index (κ1) is 17.6. The van der Waals surface area contributed by atoms with E-state index in [2.05, 4.69) is 20.6 Å². The second kappa shape index (κ2) is 7.83. The number of hydrogen-bond donors (Lipinski definition) is 2. The van der Waals surface area contributed by atoms with Crippen molar-refractivity contribution < 1.29 is 19.0 Å². The van der Waals surface area contributed by atoms with E-state index >= 15 is 0 Å². The molecular formula is C20H18N4O4. The molecule has 142 valence electrons. The Morgan fingerprint density at radius 2 is 1.96 bits per heavy atom. The van der Waals surface area contributed by atoms with Gasteiger partial charge in [-0.05, 0) is 31.2 Å². The van der Waals surface area contributed by atoms with Crippen LogP contribution in [0.4, 0.5) is 17.2 Å². The highest BCUT2D eigenvalue weighted by Crippen LogP contribution is 2.34. The van der Waals surface area contributed by atoms with E-state index in [4.69, 9.17) is 14.2 Å². The highest BCUT2D eigenvalue weighted by atomic mass is 16.7. The molecule has 0 aliphatic carbocycles. The largest absolute Gasteiger partial charge is 0.492 e. The maximum Gasteiger partial charge on any atom is 0.274 e. The van der Waals surface area contributed by atoms with Crippen LogP contribution in [0.1, 0.15) is 17.4 Å². The molecule has 28 heavy (non-hydrogen) atoms. The molecule has 2 N–H and O–H groups in total. The van der Waals surface area contributed by atoms with E-state index in [1.54, 1.807) is 24.3 Å². The zero-order chi connectivity index (χ0) is 19.3. The predicted octanol–water partition coefficient (Wildman–Crippen LogP) is 3.60. The number of nitrogens with zero attached hydrogens (tertiary/aromatic N) is 2. The van der Waals surface area contributed by atoms with E-state index in [0.717, 1.165) is 5.69 Å². The predicted molar refractivity (Wildman–Crippen MR) is 103 cm³/mol. The monoisotopic (exact) mass is 378 g/mol. The Hall–Kier alpha value is -3.81. The minimum Gasteiger partial charge on any atom is -0.492 e. The summed E-state index contributed by atoms with van der Waals surface area (Å²) in [7, 11) is 0. The highest BCUT2D eigenvalue weighted by molar-refractivity contribution is 6.03. The van der Waals surface area contributed by atoms with Crippen LogP contribution in [0.2, 0.25) is 0 Å². The molecule has 8 heteroatoms. The molecular weight excluding hydrogens is 360 g/mol. The molecule has 1 aliphatic heterocycles. The lowest BCUT2D eigenvalue weighted by molar-refractivity contribution is 0.102. The fourth-order valence-electron chi connectivity index (χ4n) is 2.71. The number of carbonyl (C=O) groups is 1. The molecule has 0 saturated heterocycles. The molecule has 1 amide bonds. The Morgan fingerprint density at radius 1 is 1.11 bits per heavy atom. The average molecular weight is 378 g/mol. The zero-order valence-electron chi connectivity index (χ0n) is 15.1. The summed E-state index contributed by atoms with van der Waals surface area (Å²) >= 11 is 0. The summed E-state index contributed by atoms with van der Waals surface area (Å²) in [5.74, 6) is 2.07. The van der Waals surface area contributed by atoms with Crippen molar-refractivity contribution in [2.75, 3.05) is 24.0 Å². The first-order valence-electron chi connectivity index (χ1n) is 8.75. The van der Waals surface area contributed by atoms with E-state index in [9.17, 15) is 4.79 Å². The number of anilines is 3. The van der Waals surface area contributed by atoms with Gasteiger partial charge in [0.1, 0.15) is 23.6 Å². The van der Waals surface area contributed by atoms with Crippen LogP contribution in [0, 0.1) is 0 Å². The van der Waals surface area contributed by atoms with Crippen molar-refractivity contribution in [2.24, 2.45) is 0 Å². The standard InChI is InChI=1S/C20H18N4O4/c1-2-26-16-6-4-3-5-14(16)24-19-10-15(21-11-22-19)20(25)23-13-7-8-17-18(9-13)28-12-27-17/h3-11H,2,12H2,1H3,(H,23,25)(H,21,22,24). The number of carbonyl (C=O) groups excluding carboxylic acids is 1. The third kappa shape index (κ3) is 3.80. The number of nitrogens with one attached hydrogen (secondary N) is 2. The van der Waals surface area contributed by atoms with Gasteiger partial charge in [0.05, 0.1) is 12.3 Å². The molecule has 0 unspecified atom stereocenters. The van der Waals surface area contributed by atoms with Gasteiger partial charge in [0, 0.05) is 17.8 Å². The van der Waals surface area contributed by atoms with Crippen LogP contribution in [0.25, 0.3) is 0 Å². The lowest BCUT2D eigenvalue weighted by atomic mass is 10.2. The van der Waals surface area contributed by atoms with Crippen LogP contribution in [0.3, 0.4) is 0 Å². The summed E-state index contributed by atoms with van der Waals surface area (Å²) in [5, 5.41) is 5.95. The Kier molecular flexibility index (Phi) is 4.92. The SMILES string of the molecule is CCOc1ccccc1Nc1cc(C(=O)Nc2ccc3c(c2)OCO3)ncn1. The molecule has 0 atom stereocenters. The van der Waals surface area contributed by atoms with Gasteiger partial charge < -0.3 is 24.8 Å². The molecule has 2 heterocycles. The van der Waals surface area contributed by atoms with E-state index in [-0.39, 0.29) is 18.4 Å². The normalized spacial score (nSPS) is 11.8. The molecule has 4 rings (SSSR count). The first-order chi connectivity index (χ1) is 13.7. The summed E-state index contributed by atoms with van der Waals surface area (Å²) < 4.78 is 16.2. The minimum atomic E-state index is -0.359. The van der Waals surface area contributed by atoms with Gasteiger partial charge in [0.2, 0.25) is 6.79 Å². The molecule has 0 bridgehead atoms. The third-order valence-corrected chi connectivity index (χ3v) is 3.98. The van der Waals surface area contributed by atoms with E-state index in [1.165, 1.54) is 6.33 Å². The maximum atomic E-state index is 12.6. The van der Waals surface area contributed by atoms with Crippen LogP contribution >= 0.6 is 0 Å². The fraction of sp³-hybridized carbons (Fsp3) is 0.150.